The molecule has 1 aliphatic carbocycles. The van der Waals surface area contributed by atoms with Gasteiger partial charge in [0.15, 0.2) is 0 Å². The number of hydrogen-bond donors (Lipinski definition) is 2. The SMILES string of the molecule is CCNC(CSC1CCCC1)Cc1cnccc1N. The van der Waals surface area contributed by atoms with E-state index in [1.165, 1.54) is 37.0 Å². The van der Waals surface area contributed by atoms with E-state index in [0.717, 1.165) is 23.9 Å². The molecule has 0 saturated heterocycles. The molecule has 0 amide bonds. The second kappa shape index (κ2) is 7.75. The Hall–Kier alpha value is -0.740. The van der Waals surface area contributed by atoms with Crippen molar-refractivity contribution in [2.24, 2.45) is 0 Å². The van der Waals surface area contributed by atoms with Crippen molar-refractivity contribution in [1.82, 2.24) is 10.3 Å². The van der Waals surface area contributed by atoms with Gasteiger partial charge in [-0.25, -0.2) is 0 Å². The average molecular weight is 279 g/mol. The number of nitrogens with one attached hydrogen (secondary N) is 1. The van der Waals surface area contributed by atoms with E-state index in [4.69, 9.17) is 5.73 Å². The summed E-state index contributed by atoms with van der Waals surface area (Å²) in [5.74, 6) is 1.17. The predicted molar refractivity (Wildman–Crippen MR) is 84.5 cm³/mol. The molecule has 0 aromatic carbocycles. The minimum Gasteiger partial charge on any atom is -0.398 e. The molecule has 1 atom stereocenters. The van der Waals surface area contributed by atoms with Gasteiger partial charge in [-0.05, 0) is 37.4 Å². The molecule has 2 rings (SSSR count). The van der Waals surface area contributed by atoms with Crippen molar-refractivity contribution in [2.45, 2.75) is 50.3 Å². The Morgan fingerprint density at radius 1 is 1.47 bits per heavy atom. The van der Waals surface area contributed by atoms with Gasteiger partial charge in [0.05, 0.1) is 0 Å². The lowest BCUT2D eigenvalue weighted by Gasteiger charge is -2.20. The van der Waals surface area contributed by atoms with E-state index < -0.39 is 0 Å². The summed E-state index contributed by atoms with van der Waals surface area (Å²) in [4.78, 5) is 4.18. The topological polar surface area (TPSA) is 50.9 Å². The summed E-state index contributed by atoms with van der Waals surface area (Å²) in [6.45, 7) is 3.18. The number of rotatable bonds is 7. The van der Waals surface area contributed by atoms with E-state index in [1.54, 1.807) is 6.20 Å². The minimum absolute atomic E-state index is 0.502. The molecular weight excluding hydrogens is 254 g/mol. The molecule has 0 aliphatic heterocycles. The molecule has 1 unspecified atom stereocenters. The standard InChI is InChI=1S/C15H25N3S/c1-2-18-13(11-19-14-5-3-4-6-14)9-12-10-17-8-7-15(12)16/h7-8,10,13-14,18H,2-6,9,11H2,1H3,(H2,16,17). The zero-order chi connectivity index (χ0) is 13.5. The normalized spacial score (nSPS) is 17.7. The molecule has 1 saturated carbocycles. The van der Waals surface area contributed by atoms with Crippen molar-refractivity contribution in [1.29, 1.82) is 0 Å². The molecule has 1 aromatic rings. The maximum Gasteiger partial charge on any atom is 0.0378 e. The Labute approximate surface area is 120 Å². The fourth-order valence-corrected chi connectivity index (χ4v) is 4.07. The van der Waals surface area contributed by atoms with Crippen molar-refractivity contribution < 1.29 is 0 Å². The fraction of sp³-hybridized carbons (Fsp3) is 0.667. The molecule has 1 fully saturated rings. The summed E-state index contributed by atoms with van der Waals surface area (Å²) in [6, 6.07) is 2.39. The minimum atomic E-state index is 0.502. The van der Waals surface area contributed by atoms with Crippen LogP contribution in [0.25, 0.3) is 0 Å². The Morgan fingerprint density at radius 3 is 2.95 bits per heavy atom. The Bertz CT molecular complexity index is 377. The van der Waals surface area contributed by atoms with Gasteiger partial charge in [0.1, 0.15) is 0 Å². The fourth-order valence-electron chi connectivity index (χ4n) is 2.66. The number of nitrogen functional groups attached to an aromatic ring is 1. The van der Waals surface area contributed by atoms with Gasteiger partial charge in [-0.2, -0.15) is 11.8 Å². The third-order valence-electron chi connectivity index (χ3n) is 3.74. The van der Waals surface area contributed by atoms with Crippen LogP contribution in [0.15, 0.2) is 18.5 Å². The van der Waals surface area contributed by atoms with Crippen molar-refractivity contribution in [3.8, 4) is 0 Å². The van der Waals surface area contributed by atoms with Gasteiger partial charge in [0.2, 0.25) is 0 Å². The Morgan fingerprint density at radius 2 is 2.26 bits per heavy atom. The molecule has 1 aliphatic rings. The Kier molecular flexibility index (Phi) is 5.98. The highest BCUT2D eigenvalue weighted by molar-refractivity contribution is 7.99. The predicted octanol–water partition coefficient (Wildman–Crippen LogP) is 2.86. The summed E-state index contributed by atoms with van der Waals surface area (Å²) < 4.78 is 0. The monoisotopic (exact) mass is 279 g/mol. The largest absolute Gasteiger partial charge is 0.398 e. The van der Waals surface area contributed by atoms with Crippen LogP contribution in [-0.2, 0) is 6.42 Å². The highest BCUT2D eigenvalue weighted by Gasteiger charge is 2.18. The van der Waals surface area contributed by atoms with Crippen LogP contribution in [-0.4, -0.2) is 28.6 Å². The van der Waals surface area contributed by atoms with Crippen LogP contribution in [0, 0.1) is 0 Å². The van der Waals surface area contributed by atoms with Crippen LogP contribution in [0.4, 0.5) is 5.69 Å². The van der Waals surface area contributed by atoms with E-state index in [1.807, 2.05) is 12.3 Å². The molecule has 1 heterocycles. The molecular formula is C15H25N3S. The number of thioether (sulfide) groups is 1. The zero-order valence-corrected chi connectivity index (χ0v) is 12.6. The van der Waals surface area contributed by atoms with Crippen molar-refractivity contribution in [3.05, 3.63) is 24.0 Å². The first-order valence-electron chi connectivity index (χ1n) is 7.33. The maximum atomic E-state index is 6.01. The first kappa shape index (κ1) is 14.7. The second-order valence-electron chi connectivity index (χ2n) is 5.27. The molecule has 0 bridgehead atoms. The van der Waals surface area contributed by atoms with Crippen molar-refractivity contribution in [2.75, 3.05) is 18.0 Å². The highest BCUT2D eigenvalue weighted by Crippen LogP contribution is 2.30. The van der Waals surface area contributed by atoms with Crippen molar-refractivity contribution in [3.63, 3.8) is 0 Å². The summed E-state index contributed by atoms with van der Waals surface area (Å²) in [5, 5.41) is 4.46. The number of anilines is 1. The molecule has 0 radical (unpaired) electrons. The van der Waals surface area contributed by atoms with Gasteiger partial charge in [-0.3, -0.25) is 4.98 Å². The van der Waals surface area contributed by atoms with E-state index in [9.17, 15) is 0 Å². The van der Waals surface area contributed by atoms with Crippen LogP contribution in [0.5, 0.6) is 0 Å². The van der Waals surface area contributed by atoms with E-state index in [0.29, 0.717) is 6.04 Å². The molecule has 3 N–H and O–H groups in total. The number of likely N-dealkylation sites (N-methyl/N-ethyl adjacent to an activating group) is 1. The van der Waals surface area contributed by atoms with E-state index in [2.05, 4.69) is 29.0 Å². The van der Waals surface area contributed by atoms with Crippen LogP contribution < -0.4 is 11.1 Å². The van der Waals surface area contributed by atoms with E-state index >= 15 is 0 Å². The summed E-state index contributed by atoms with van der Waals surface area (Å²) in [5.41, 5.74) is 8.04. The van der Waals surface area contributed by atoms with Crippen LogP contribution in [0.3, 0.4) is 0 Å². The van der Waals surface area contributed by atoms with E-state index in [-0.39, 0.29) is 0 Å². The Balaban J connectivity index is 1.86. The third-order valence-corrected chi connectivity index (χ3v) is 5.27. The number of hydrogen-bond acceptors (Lipinski definition) is 4. The molecule has 0 spiro atoms. The highest BCUT2D eigenvalue weighted by atomic mass is 32.2. The van der Waals surface area contributed by atoms with Crippen LogP contribution in [0.1, 0.15) is 38.2 Å². The number of nitrogens with two attached hydrogens (primary N) is 1. The molecule has 106 valence electrons. The third kappa shape index (κ3) is 4.69. The summed E-state index contributed by atoms with van der Waals surface area (Å²) >= 11 is 2.13. The lowest BCUT2D eigenvalue weighted by Crippen LogP contribution is -2.34. The number of nitrogens with zero attached hydrogens (tertiary/aromatic N) is 1. The summed E-state index contributed by atoms with van der Waals surface area (Å²) in [6.07, 6.45) is 10.3. The zero-order valence-electron chi connectivity index (χ0n) is 11.8. The molecule has 1 aromatic heterocycles. The van der Waals surface area contributed by atoms with Gasteiger partial charge < -0.3 is 11.1 Å². The number of pyridine rings is 1. The van der Waals surface area contributed by atoms with Crippen molar-refractivity contribution >= 4 is 17.4 Å². The summed E-state index contributed by atoms with van der Waals surface area (Å²) in [7, 11) is 0. The lowest BCUT2D eigenvalue weighted by atomic mass is 10.1. The molecule has 3 nitrogen and oxygen atoms in total. The van der Waals surface area contributed by atoms with Gasteiger partial charge in [-0.1, -0.05) is 19.8 Å². The van der Waals surface area contributed by atoms with Crippen LogP contribution in [0.2, 0.25) is 0 Å². The quantitative estimate of drug-likeness (QED) is 0.806. The second-order valence-corrected chi connectivity index (χ2v) is 6.61. The first-order chi connectivity index (χ1) is 9.29. The van der Waals surface area contributed by atoms with Crippen LogP contribution >= 0.6 is 11.8 Å². The lowest BCUT2D eigenvalue weighted by molar-refractivity contribution is 0.571. The van der Waals surface area contributed by atoms with Gasteiger partial charge in [-0.15, -0.1) is 0 Å². The average Bonchev–Trinajstić information content (AvgIpc) is 2.92. The van der Waals surface area contributed by atoms with Gasteiger partial charge >= 0.3 is 0 Å². The molecule has 4 heteroatoms. The van der Waals surface area contributed by atoms with Gasteiger partial charge in [0, 0.05) is 35.1 Å². The smallest absolute Gasteiger partial charge is 0.0378 e. The maximum absolute atomic E-state index is 6.01. The molecule has 19 heavy (non-hydrogen) atoms. The first-order valence-corrected chi connectivity index (χ1v) is 8.37. The number of aromatic nitrogens is 1. The van der Waals surface area contributed by atoms with Gasteiger partial charge in [0.25, 0.3) is 0 Å².